The first-order valence-corrected chi connectivity index (χ1v) is 9.21. The summed E-state index contributed by atoms with van der Waals surface area (Å²) in [5.41, 5.74) is 3.19. The predicted molar refractivity (Wildman–Crippen MR) is 106 cm³/mol. The van der Waals surface area contributed by atoms with Crippen LogP contribution in [0.1, 0.15) is 17.5 Å². The molecule has 0 radical (unpaired) electrons. The lowest BCUT2D eigenvalue weighted by molar-refractivity contribution is -0.148. The molecular weight excluding hydrogens is 364 g/mol. The van der Waals surface area contributed by atoms with Crippen molar-refractivity contribution in [3.8, 4) is 0 Å². The van der Waals surface area contributed by atoms with Crippen LogP contribution in [0, 0.1) is 0 Å². The second kappa shape index (κ2) is 9.24. The third-order valence-corrected chi connectivity index (χ3v) is 4.54. The molecular formula is C21H21ClN2O3. The number of hydrogen-bond donors (Lipinski definition) is 2. The first kappa shape index (κ1) is 19.0. The average Bonchev–Trinajstić information content (AvgIpc) is 3.09. The summed E-state index contributed by atoms with van der Waals surface area (Å²) in [6.07, 6.45) is 3.40. The minimum Gasteiger partial charge on any atom is -0.456 e. The Morgan fingerprint density at radius 1 is 1.04 bits per heavy atom. The summed E-state index contributed by atoms with van der Waals surface area (Å²) in [5.74, 6) is -0.683. The highest BCUT2D eigenvalue weighted by molar-refractivity contribution is 6.30. The summed E-state index contributed by atoms with van der Waals surface area (Å²) >= 11 is 5.83. The van der Waals surface area contributed by atoms with Crippen LogP contribution >= 0.6 is 11.6 Å². The number of rotatable bonds is 8. The van der Waals surface area contributed by atoms with Gasteiger partial charge in [-0.15, -0.1) is 0 Å². The zero-order chi connectivity index (χ0) is 19.1. The van der Waals surface area contributed by atoms with Crippen LogP contribution in [0.5, 0.6) is 0 Å². The van der Waals surface area contributed by atoms with Crippen LogP contribution < -0.4 is 5.32 Å². The van der Waals surface area contributed by atoms with Gasteiger partial charge in [0.15, 0.2) is 6.61 Å². The molecule has 3 rings (SSSR count). The molecule has 0 aliphatic carbocycles. The van der Waals surface area contributed by atoms with Crippen molar-refractivity contribution >= 4 is 34.4 Å². The number of nitrogens with one attached hydrogen (secondary N) is 2. The SMILES string of the molecule is O=C(COC(=O)CCc1c[nH]c2ccccc12)NCCc1ccc(Cl)cc1. The minimum atomic E-state index is -0.381. The number of hydrogen-bond acceptors (Lipinski definition) is 3. The van der Waals surface area contributed by atoms with Crippen LogP contribution in [0.25, 0.3) is 10.9 Å². The smallest absolute Gasteiger partial charge is 0.306 e. The Balaban J connectivity index is 1.34. The number of halogens is 1. The molecule has 1 aromatic heterocycles. The van der Waals surface area contributed by atoms with E-state index < -0.39 is 0 Å². The Hall–Kier alpha value is -2.79. The van der Waals surface area contributed by atoms with Crippen molar-refractivity contribution in [1.29, 1.82) is 0 Å². The maximum absolute atomic E-state index is 11.9. The molecule has 140 valence electrons. The first-order valence-electron chi connectivity index (χ1n) is 8.83. The number of ether oxygens (including phenoxy) is 1. The molecule has 0 unspecified atom stereocenters. The van der Waals surface area contributed by atoms with E-state index in [1.165, 1.54) is 0 Å². The van der Waals surface area contributed by atoms with E-state index in [9.17, 15) is 9.59 Å². The third kappa shape index (κ3) is 5.59. The number of H-pyrrole nitrogens is 1. The molecule has 2 N–H and O–H groups in total. The van der Waals surface area contributed by atoms with Crippen LogP contribution in [-0.4, -0.2) is 30.0 Å². The fourth-order valence-corrected chi connectivity index (χ4v) is 2.97. The second-order valence-corrected chi connectivity index (χ2v) is 6.68. The highest BCUT2D eigenvalue weighted by Gasteiger charge is 2.10. The standard InChI is InChI=1S/C21H21ClN2O3/c22-17-8-5-15(6-9-17)11-12-23-20(25)14-27-21(26)10-7-16-13-24-19-4-2-1-3-18(16)19/h1-6,8-9,13,24H,7,10-12,14H2,(H,23,25). The molecule has 1 amide bonds. The van der Waals surface area contributed by atoms with Gasteiger partial charge in [0.1, 0.15) is 0 Å². The van der Waals surface area contributed by atoms with Gasteiger partial charge in [0.2, 0.25) is 0 Å². The largest absolute Gasteiger partial charge is 0.456 e. The van der Waals surface area contributed by atoms with E-state index in [-0.39, 0.29) is 24.9 Å². The van der Waals surface area contributed by atoms with Gasteiger partial charge in [-0.1, -0.05) is 41.9 Å². The number of para-hydroxylation sites is 1. The summed E-state index contributed by atoms with van der Waals surface area (Å²) in [6.45, 7) is 0.223. The van der Waals surface area contributed by atoms with Crippen molar-refractivity contribution in [2.45, 2.75) is 19.3 Å². The van der Waals surface area contributed by atoms with Gasteiger partial charge < -0.3 is 15.0 Å². The average molecular weight is 385 g/mol. The molecule has 2 aromatic carbocycles. The molecule has 0 spiro atoms. The van der Waals surface area contributed by atoms with Gasteiger partial charge >= 0.3 is 5.97 Å². The Bertz CT molecular complexity index is 919. The Labute approximate surface area is 162 Å². The molecule has 1 heterocycles. The number of benzene rings is 2. The van der Waals surface area contributed by atoms with E-state index in [4.69, 9.17) is 16.3 Å². The molecule has 0 saturated carbocycles. The molecule has 27 heavy (non-hydrogen) atoms. The van der Waals surface area contributed by atoms with Crippen molar-refractivity contribution in [2.24, 2.45) is 0 Å². The summed E-state index contributed by atoms with van der Waals surface area (Å²) in [6, 6.07) is 15.4. The van der Waals surface area contributed by atoms with Crippen molar-refractivity contribution in [2.75, 3.05) is 13.2 Å². The highest BCUT2D eigenvalue weighted by atomic mass is 35.5. The molecule has 0 aliphatic rings. The number of carbonyl (C=O) groups excluding carboxylic acids is 2. The number of amides is 1. The number of aromatic nitrogens is 1. The Kier molecular flexibility index (Phi) is 6.49. The van der Waals surface area contributed by atoms with E-state index in [1.807, 2.05) is 54.7 Å². The molecule has 6 heteroatoms. The van der Waals surface area contributed by atoms with Gasteiger partial charge in [-0.25, -0.2) is 0 Å². The van der Waals surface area contributed by atoms with E-state index >= 15 is 0 Å². The maximum atomic E-state index is 11.9. The lowest BCUT2D eigenvalue weighted by Gasteiger charge is -2.07. The van der Waals surface area contributed by atoms with Crippen molar-refractivity contribution in [1.82, 2.24) is 10.3 Å². The van der Waals surface area contributed by atoms with Crippen LogP contribution in [0.2, 0.25) is 5.02 Å². The van der Waals surface area contributed by atoms with Crippen LogP contribution in [-0.2, 0) is 27.2 Å². The number of esters is 1. The van der Waals surface area contributed by atoms with Gasteiger partial charge in [-0.3, -0.25) is 9.59 Å². The monoisotopic (exact) mass is 384 g/mol. The van der Waals surface area contributed by atoms with Gasteiger partial charge in [-0.05, 0) is 42.2 Å². The lowest BCUT2D eigenvalue weighted by atomic mass is 10.1. The van der Waals surface area contributed by atoms with Gasteiger partial charge in [0.25, 0.3) is 5.91 Å². The summed E-state index contributed by atoms with van der Waals surface area (Å²) in [5, 5.41) is 4.53. The van der Waals surface area contributed by atoms with Crippen molar-refractivity contribution in [3.63, 3.8) is 0 Å². The van der Waals surface area contributed by atoms with Crippen molar-refractivity contribution < 1.29 is 14.3 Å². The summed E-state index contributed by atoms with van der Waals surface area (Å²) < 4.78 is 5.05. The number of carbonyl (C=O) groups is 2. The third-order valence-electron chi connectivity index (χ3n) is 4.29. The van der Waals surface area contributed by atoms with Gasteiger partial charge in [0.05, 0.1) is 0 Å². The summed E-state index contributed by atoms with van der Waals surface area (Å²) in [4.78, 5) is 26.8. The fourth-order valence-electron chi connectivity index (χ4n) is 2.84. The second-order valence-electron chi connectivity index (χ2n) is 6.25. The van der Waals surface area contributed by atoms with Crippen LogP contribution in [0.4, 0.5) is 0 Å². The highest BCUT2D eigenvalue weighted by Crippen LogP contribution is 2.19. The number of aromatic amines is 1. The predicted octanol–water partition coefficient (Wildman–Crippen LogP) is 3.66. The molecule has 0 aliphatic heterocycles. The summed E-state index contributed by atoms with van der Waals surface area (Å²) in [7, 11) is 0. The van der Waals surface area contributed by atoms with Crippen LogP contribution in [0.15, 0.2) is 54.7 Å². The maximum Gasteiger partial charge on any atom is 0.306 e. The quantitative estimate of drug-likeness (QED) is 0.582. The first-order chi connectivity index (χ1) is 13.1. The van der Waals surface area contributed by atoms with Crippen molar-refractivity contribution in [3.05, 3.63) is 70.9 Å². The van der Waals surface area contributed by atoms with E-state index in [0.717, 1.165) is 22.0 Å². The lowest BCUT2D eigenvalue weighted by Crippen LogP contribution is -2.30. The molecule has 0 fully saturated rings. The zero-order valence-electron chi connectivity index (χ0n) is 14.8. The van der Waals surface area contributed by atoms with E-state index in [2.05, 4.69) is 10.3 Å². The molecule has 5 nitrogen and oxygen atoms in total. The normalized spacial score (nSPS) is 10.7. The molecule has 0 bridgehead atoms. The van der Waals surface area contributed by atoms with Gasteiger partial charge in [0, 0.05) is 35.1 Å². The number of fused-ring (bicyclic) bond motifs is 1. The topological polar surface area (TPSA) is 71.2 Å². The molecule has 3 aromatic rings. The Morgan fingerprint density at radius 2 is 1.81 bits per heavy atom. The van der Waals surface area contributed by atoms with E-state index in [1.54, 1.807) is 0 Å². The van der Waals surface area contributed by atoms with Gasteiger partial charge in [-0.2, -0.15) is 0 Å². The number of aryl methyl sites for hydroxylation is 1. The van der Waals surface area contributed by atoms with Crippen LogP contribution in [0.3, 0.4) is 0 Å². The fraction of sp³-hybridized carbons (Fsp3) is 0.238. The van der Waals surface area contributed by atoms with E-state index in [0.29, 0.717) is 24.4 Å². The minimum absolute atomic E-state index is 0.236. The molecule has 0 saturated heterocycles. The zero-order valence-corrected chi connectivity index (χ0v) is 15.6. The Morgan fingerprint density at radius 3 is 2.63 bits per heavy atom. The molecule has 0 atom stereocenters.